The standard InChI is InChI=1S/C12H13ClF2O2/c1-11(2)16-7-12(6-13,17-11)9-4-3-8(14)5-10(9)15/h3-5H,6-7H2,1-2H3. The fraction of sp³-hybridized carbons (Fsp3) is 0.500. The monoisotopic (exact) mass is 262 g/mol. The van der Waals surface area contributed by atoms with E-state index in [2.05, 4.69) is 0 Å². The molecule has 1 aliphatic rings. The minimum Gasteiger partial charge on any atom is -0.347 e. The molecule has 0 aromatic heterocycles. The van der Waals surface area contributed by atoms with Crippen molar-refractivity contribution in [3.05, 3.63) is 35.4 Å². The highest BCUT2D eigenvalue weighted by Gasteiger charge is 2.47. The van der Waals surface area contributed by atoms with E-state index < -0.39 is 23.0 Å². The van der Waals surface area contributed by atoms with E-state index in [1.165, 1.54) is 12.1 Å². The molecule has 17 heavy (non-hydrogen) atoms. The van der Waals surface area contributed by atoms with Crippen molar-refractivity contribution in [2.24, 2.45) is 0 Å². The Labute approximate surface area is 103 Å². The van der Waals surface area contributed by atoms with Crippen LogP contribution in [0.5, 0.6) is 0 Å². The van der Waals surface area contributed by atoms with Crippen LogP contribution in [0.3, 0.4) is 0 Å². The van der Waals surface area contributed by atoms with E-state index in [9.17, 15) is 8.78 Å². The van der Waals surface area contributed by atoms with Gasteiger partial charge in [-0.25, -0.2) is 8.78 Å². The number of rotatable bonds is 2. The van der Waals surface area contributed by atoms with E-state index >= 15 is 0 Å². The minimum atomic E-state index is -1.05. The van der Waals surface area contributed by atoms with Crippen LogP contribution in [0.1, 0.15) is 19.4 Å². The Morgan fingerprint density at radius 1 is 1.35 bits per heavy atom. The molecule has 0 N–H and O–H groups in total. The van der Waals surface area contributed by atoms with Gasteiger partial charge >= 0.3 is 0 Å². The lowest BCUT2D eigenvalue weighted by Gasteiger charge is -2.27. The van der Waals surface area contributed by atoms with Crippen molar-refractivity contribution in [3.63, 3.8) is 0 Å². The number of halogens is 3. The number of hydrogen-bond donors (Lipinski definition) is 0. The average molecular weight is 263 g/mol. The molecule has 2 rings (SSSR count). The molecule has 1 aliphatic heterocycles. The Hall–Kier alpha value is -0.710. The molecule has 1 saturated heterocycles. The van der Waals surface area contributed by atoms with E-state index in [0.29, 0.717) is 0 Å². The molecule has 0 amide bonds. The summed E-state index contributed by atoms with van der Waals surface area (Å²) in [4.78, 5) is 0. The Kier molecular flexibility index (Phi) is 3.14. The minimum absolute atomic E-state index is 0.0407. The third-order valence-electron chi connectivity index (χ3n) is 2.73. The first-order chi connectivity index (χ1) is 7.88. The van der Waals surface area contributed by atoms with Gasteiger partial charge in [0.25, 0.3) is 0 Å². The van der Waals surface area contributed by atoms with Gasteiger partial charge in [0.2, 0.25) is 0 Å². The fourth-order valence-electron chi connectivity index (χ4n) is 1.95. The summed E-state index contributed by atoms with van der Waals surface area (Å²) in [6.45, 7) is 3.59. The van der Waals surface area contributed by atoms with Gasteiger partial charge in [0.05, 0.1) is 12.5 Å². The quantitative estimate of drug-likeness (QED) is 0.762. The van der Waals surface area contributed by atoms with E-state index in [-0.39, 0.29) is 18.1 Å². The van der Waals surface area contributed by atoms with E-state index in [0.717, 1.165) is 6.07 Å². The van der Waals surface area contributed by atoms with Gasteiger partial charge in [-0.1, -0.05) is 6.07 Å². The van der Waals surface area contributed by atoms with Gasteiger partial charge < -0.3 is 9.47 Å². The number of hydrogen-bond acceptors (Lipinski definition) is 2. The molecule has 0 radical (unpaired) electrons. The van der Waals surface area contributed by atoms with Crippen LogP contribution in [0.2, 0.25) is 0 Å². The maximum Gasteiger partial charge on any atom is 0.164 e. The van der Waals surface area contributed by atoms with Gasteiger partial charge in [0.15, 0.2) is 5.79 Å². The Morgan fingerprint density at radius 2 is 2.06 bits per heavy atom. The summed E-state index contributed by atoms with van der Waals surface area (Å²) >= 11 is 5.87. The second-order valence-corrected chi connectivity index (χ2v) is 4.81. The summed E-state index contributed by atoms with van der Waals surface area (Å²) in [6, 6.07) is 3.34. The highest BCUT2D eigenvalue weighted by molar-refractivity contribution is 6.18. The lowest BCUT2D eigenvalue weighted by molar-refractivity contribution is -0.159. The fourth-order valence-corrected chi connectivity index (χ4v) is 2.23. The third kappa shape index (κ3) is 2.30. The molecule has 0 aliphatic carbocycles. The maximum absolute atomic E-state index is 13.8. The zero-order chi connectivity index (χ0) is 12.7. The van der Waals surface area contributed by atoms with Crippen molar-refractivity contribution in [2.45, 2.75) is 25.2 Å². The highest BCUT2D eigenvalue weighted by atomic mass is 35.5. The summed E-state index contributed by atoms with van der Waals surface area (Å²) in [5.74, 6) is -2.09. The summed E-state index contributed by atoms with van der Waals surface area (Å²) in [5, 5.41) is 0. The molecular formula is C12H13ClF2O2. The Morgan fingerprint density at radius 3 is 2.53 bits per heavy atom. The van der Waals surface area contributed by atoms with Crippen molar-refractivity contribution >= 4 is 11.6 Å². The van der Waals surface area contributed by atoms with Gasteiger partial charge in [-0.3, -0.25) is 0 Å². The zero-order valence-electron chi connectivity index (χ0n) is 9.60. The van der Waals surface area contributed by atoms with Crippen molar-refractivity contribution < 1.29 is 18.3 Å². The molecule has 2 nitrogen and oxygen atoms in total. The normalized spacial score (nSPS) is 27.4. The second-order valence-electron chi connectivity index (χ2n) is 4.54. The number of ether oxygens (including phenoxy) is 2. The van der Waals surface area contributed by atoms with Gasteiger partial charge in [-0.05, 0) is 19.9 Å². The molecule has 1 heterocycles. The van der Waals surface area contributed by atoms with Crippen LogP contribution in [0, 0.1) is 11.6 Å². The van der Waals surface area contributed by atoms with E-state index in [1.807, 2.05) is 0 Å². The Balaban J connectivity index is 2.43. The van der Waals surface area contributed by atoms with Crippen LogP contribution in [0.4, 0.5) is 8.78 Å². The zero-order valence-corrected chi connectivity index (χ0v) is 10.4. The lowest BCUT2D eigenvalue weighted by Crippen LogP contribution is -2.34. The van der Waals surface area contributed by atoms with Crippen molar-refractivity contribution in [3.8, 4) is 0 Å². The molecule has 94 valence electrons. The number of benzene rings is 1. The first-order valence-corrected chi connectivity index (χ1v) is 5.78. The molecule has 1 aromatic rings. The predicted octanol–water partition coefficient (Wildman–Crippen LogP) is 3.18. The lowest BCUT2D eigenvalue weighted by atomic mass is 9.96. The topological polar surface area (TPSA) is 18.5 Å². The van der Waals surface area contributed by atoms with Crippen LogP contribution in [-0.4, -0.2) is 18.3 Å². The third-order valence-corrected chi connectivity index (χ3v) is 3.16. The summed E-state index contributed by atoms with van der Waals surface area (Å²) in [6.07, 6.45) is 0. The van der Waals surface area contributed by atoms with E-state index in [4.69, 9.17) is 21.1 Å². The first-order valence-electron chi connectivity index (χ1n) is 5.24. The molecule has 5 heteroatoms. The van der Waals surface area contributed by atoms with Gasteiger partial charge in [-0.2, -0.15) is 0 Å². The molecule has 1 atom stereocenters. The summed E-state index contributed by atoms with van der Waals surface area (Å²) < 4.78 is 37.7. The predicted molar refractivity (Wildman–Crippen MR) is 59.9 cm³/mol. The van der Waals surface area contributed by atoms with Crippen molar-refractivity contribution in [2.75, 3.05) is 12.5 Å². The maximum atomic E-state index is 13.8. The molecule has 1 unspecified atom stereocenters. The van der Waals surface area contributed by atoms with E-state index in [1.54, 1.807) is 13.8 Å². The molecule has 1 fully saturated rings. The first kappa shape index (κ1) is 12.7. The van der Waals surface area contributed by atoms with Crippen LogP contribution in [0.15, 0.2) is 18.2 Å². The average Bonchev–Trinajstić information content (AvgIpc) is 2.55. The SMILES string of the molecule is CC1(C)OCC(CCl)(c2ccc(F)cc2F)O1. The summed E-state index contributed by atoms with van der Waals surface area (Å²) in [5.41, 5.74) is -0.831. The molecule has 0 spiro atoms. The largest absolute Gasteiger partial charge is 0.347 e. The van der Waals surface area contributed by atoms with Crippen LogP contribution >= 0.6 is 11.6 Å². The molecular weight excluding hydrogens is 250 g/mol. The van der Waals surface area contributed by atoms with Gasteiger partial charge in [0, 0.05) is 11.6 Å². The van der Waals surface area contributed by atoms with Crippen LogP contribution in [-0.2, 0) is 15.1 Å². The highest BCUT2D eigenvalue weighted by Crippen LogP contribution is 2.40. The van der Waals surface area contributed by atoms with Gasteiger partial charge in [0.1, 0.15) is 17.2 Å². The van der Waals surface area contributed by atoms with Crippen molar-refractivity contribution in [1.82, 2.24) is 0 Å². The molecule has 0 bridgehead atoms. The molecule has 1 aromatic carbocycles. The van der Waals surface area contributed by atoms with Crippen LogP contribution < -0.4 is 0 Å². The van der Waals surface area contributed by atoms with Crippen LogP contribution in [0.25, 0.3) is 0 Å². The number of alkyl halides is 1. The van der Waals surface area contributed by atoms with Gasteiger partial charge in [-0.15, -0.1) is 11.6 Å². The smallest absolute Gasteiger partial charge is 0.164 e. The van der Waals surface area contributed by atoms with Crippen molar-refractivity contribution in [1.29, 1.82) is 0 Å². The summed E-state index contributed by atoms with van der Waals surface area (Å²) in [7, 11) is 0. The second kappa shape index (κ2) is 4.19. The Bertz CT molecular complexity index is 437. The molecule has 0 saturated carbocycles.